The summed E-state index contributed by atoms with van der Waals surface area (Å²) in [5.41, 5.74) is 1.01. The first kappa shape index (κ1) is 19.7. The Morgan fingerprint density at radius 1 is 1.08 bits per heavy atom. The number of ether oxygens (including phenoxy) is 1. The van der Waals surface area contributed by atoms with Crippen LogP contribution in [-0.4, -0.2) is 32.3 Å². The normalized spacial score (nSPS) is 11.6. The van der Waals surface area contributed by atoms with E-state index in [0.717, 1.165) is 0 Å². The van der Waals surface area contributed by atoms with Gasteiger partial charge in [-0.15, -0.1) is 0 Å². The molecule has 2 rings (SSSR count). The van der Waals surface area contributed by atoms with E-state index in [1.807, 2.05) is 0 Å². The number of rotatable bonds is 6. The van der Waals surface area contributed by atoms with Crippen molar-refractivity contribution in [2.24, 2.45) is 0 Å². The highest BCUT2D eigenvalue weighted by Gasteiger charge is 2.21. The zero-order valence-corrected chi connectivity index (χ0v) is 16.0. The average Bonchev–Trinajstić information content (AvgIpc) is 2.58. The molecule has 2 aromatic rings. The molecule has 5 nitrogen and oxygen atoms in total. The molecule has 0 aliphatic heterocycles. The molecule has 0 N–H and O–H groups in total. The summed E-state index contributed by atoms with van der Waals surface area (Å²) in [4.78, 5) is 11.7. The molecule has 0 saturated carbocycles. The Kier molecular flexibility index (Phi) is 6.46. The van der Waals surface area contributed by atoms with Crippen molar-refractivity contribution in [3.63, 3.8) is 0 Å². The van der Waals surface area contributed by atoms with Crippen molar-refractivity contribution < 1.29 is 17.9 Å². The first-order valence-corrected chi connectivity index (χ1v) is 9.62. The molecule has 0 fully saturated rings. The van der Waals surface area contributed by atoms with Gasteiger partial charge in [0.1, 0.15) is 0 Å². The number of halogens is 2. The van der Waals surface area contributed by atoms with Crippen LogP contribution in [0.5, 0.6) is 0 Å². The third-order valence-electron chi connectivity index (χ3n) is 3.46. The van der Waals surface area contributed by atoms with Gasteiger partial charge in [-0.2, -0.15) is 4.31 Å². The fraction of sp³-hybridized carbons (Fsp3) is 0.235. The molecule has 0 bridgehead atoms. The smallest absolute Gasteiger partial charge is 0.338 e. The first-order chi connectivity index (χ1) is 11.8. The molecular formula is C17H17Cl2NO4S. The van der Waals surface area contributed by atoms with Gasteiger partial charge in [-0.05, 0) is 48.9 Å². The van der Waals surface area contributed by atoms with Crippen LogP contribution in [0.15, 0.2) is 47.4 Å². The second-order valence-corrected chi connectivity index (χ2v) is 8.11. The molecular weight excluding hydrogens is 385 g/mol. The lowest BCUT2D eigenvalue weighted by atomic mass is 10.2. The van der Waals surface area contributed by atoms with E-state index in [1.165, 1.54) is 35.6 Å². The van der Waals surface area contributed by atoms with E-state index < -0.39 is 16.0 Å². The molecule has 0 atom stereocenters. The van der Waals surface area contributed by atoms with Gasteiger partial charge in [0.25, 0.3) is 0 Å². The lowest BCUT2D eigenvalue weighted by molar-refractivity contribution is 0.0526. The van der Waals surface area contributed by atoms with Crippen LogP contribution in [0.2, 0.25) is 10.0 Å². The van der Waals surface area contributed by atoms with E-state index in [4.69, 9.17) is 27.9 Å². The third kappa shape index (κ3) is 4.73. The number of hydrogen-bond donors (Lipinski definition) is 0. The largest absolute Gasteiger partial charge is 0.462 e. The second-order valence-electron chi connectivity index (χ2n) is 5.25. The van der Waals surface area contributed by atoms with Gasteiger partial charge in [0.2, 0.25) is 10.0 Å². The van der Waals surface area contributed by atoms with Gasteiger partial charge < -0.3 is 4.74 Å². The lowest BCUT2D eigenvalue weighted by Gasteiger charge is -2.18. The summed E-state index contributed by atoms with van der Waals surface area (Å²) in [6.45, 7) is 2.10. The highest BCUT2D eigenvalue weighted by molar-refractivity contribution is 7.89. The van der Waals surface area contributed by atoms with E-state index >= 15 is 0 Å². The Hall–Kier alpha value is -1.60. The van der Waals surface area contributed by atoms with E-state index in [9.17, 15) is 13.2 Å². The molecule has 2 aromatic carbocycles. The lowest BCUT2D eigenvalue weighted by Crippen LogP contribution is -2.26. The van der Waals surface area contributed by atoms with Crippen LogP contribution in [0.1, 0.15) is 22.8 Å². The summed E-state index contributed by atoms with van der Waals surface area (Å²) < 4.78 is 31.4. The summed E-state index contributed by atoms with van der Waals surface area (Å²) in [7, 11) is -2.24. The number of carbonyl (C=O) groups excluding carboxylic acids is 1. The Bertz CT molecular complexity index is 867. The number of carbonyl (C=O) groups is 1. The van der Waals surface area contributed by atoms with E-state index in [2.05, 4.69) is 0 Å². The molecule has 0 amide bonds. The molecule has 0 aliphatic rings. The van der Waals surface area contributed by atoms with Crippen molar-refractivity contribution in [1.82, 2.24) is 4.31 Å². The number of benzene rings is 2. The number of esters is 1. The van der Waals surface area contributed by atoms with Gasteiger partial charge in [0, 0.05) is 13.6 Å². The molecule has 8 heteroatoms. The van der Waals surface area contributed by atoms with Crippen LogP contribution in [0.4, 0.5) is 0 Å². The maximum Gasteiger partial charge on any atom is 0.338 e. The van der Waals surface area contributed by atoms with E-state index in [1.54, 1.807) is 25.1 Å². The van der Waals surface area contributed by atoms with E-state index in [0.29, 0.717) is 21.2 Å². The van der Waals surface area contributed by atoms with Gasteiger partial charge in [-0.25, -0.2) is 13.2 Å². The predicted molar refractivity (Wildman–Crippen MR) is 97.5 cm³/mol. The molecule has 0 unspecified atom stereocenters. The molecule has 0 saturated heterocycles. The SMILES string of the molecule is CCOC(=O)c1ccc(S(=O)(=O)N(C)Cc2ccc(Cl)c(Cl)c2)cc1. The van der Waals surface area contributed by atoms with Crippen LogP contribution in [0, 0.1) is 0 Å². The zero-order valence-electron chi connectivity index (χ0n) is 13.7. The summed E-state index contributed by atoms with van der Waals surface area (Å²) in [5.74, 6) is -0.490. The Labute approximate surface area is 157 Å². The van der Waals surface area contributed by atoms with Crippen molar-refractivity contribution in [3.8, 4) is 0 Å². The van der Waals surface area contributed by atoms with E-state index in [-0.39, 0.29) is 18.0 Å². The highest BCUT2D eigenvalue weighted by Crippen LogP contribution is 2.24. The van der Waals surface area contributed by atoms with Crippen molar-refractivity contribution in [2.45, 2.75) is 18.4 Å². The highest BCUT2D eigenvalue weighted by atomic mass is 35.5. The number of sulfonamides is 1. The number of hydrogen-bond acceptors (Lipinski definition) is 4. The van der Waals surface area contributed by atoms with Crippen molar-refractivity contribution in [1.29, 1.82) is 0 Å². The fourth-order valence-corrected chi connectivity index (χ4v) is 3.62. The van der Waals surface area contributed by atoms with Crippen LogP contribution < -0.4 is 0 Å². The summed E-state index contributed by atoms with van der Waals surface area (Å²) >= 11 is 11.8. The molecule has 0 heterocycles. The topological polar surface area (TPSA) is 63.7 Å². The second kappa shape index (κ2) is 8.19. The van der Waals surface area contributed by atoms with Crippen LogP contribution in [0.25, 0.3) is 0 Å². The number of nitrogens with zero attached hydrogens (tertiary/aromatic N) is 1. The van der Waals surface area contributed by atoms with Crippen LogP contribution >= 0.6 is 23.2 Å². The summed E-state index contributed by atoms with van der Waals surface area (Å²) in [6.07, 6.45) is 0. The molecule has 25 heavy (non-hydrogen) atoms. The fourth-order valence-electron chi connectivity index (χ4n) is 2.14. The molecule has 0 spiro atoms. The Morgan fingerprint density at radius 2 is 1.72 bits per heavy atom. The Balaban J connectivity index is 2.19. The maximum atomic E-state index is 12.6. The average molecular weight is 402 g/mol. The maximum absolute atomic E-state index is 12.6. The van der Waals surface area contributed by atoms with Gasteiger partial charge in [-0.1, -0.05) is 29.3 Å². The summed E-state index contributed by atoms with van der Waals surface area (Å²) in [6, 6.07) is 10.6. The minimum Gasteiger partial charge on any atom is -0.462 e. The van der Waals surface area contributed by atoms with Gasteiger partial charge in [0.15, 0.2) is 0 Å². The predicted octanol–water partition coefficient (Wildman–Crippen LogP) is 3.99. The van der Waals surface area contributed by atoms with Gasteiger partial charge >= 0.3 is 5.97 Å². The van der Waals surface area contributed by atoms with Gasteiger partial charge in [-0.3, -0.25) is 0 Å². The molecule has 134 valence electrons. The monoisotopic (exact) mass is 401 g/mol. The standard InChI is InChI=1S/C17H17Cl2NO4S/c1-3-24-17(21)13-5-7-14(8-6-13)25(22,23)20(2)11-12-4-9-15(18)16(19)10-12/h4-10H,3,11H2,1-2H3. The molecule has 0 radical (unpaired) electrons. The minimum atomic E-state index is -3.71. The zero-order chi connectivity index (χ0) is 18.6. The Morgan fingerprint density at radius 3 is 2.28 bits per heavy atom. The van der Waals surface area contributed by atoms with Crippen molar-refractivity contribution in [2.75, 3.05) is 13.7 Å². The van der Waals surface area contributed by atoms with Gasteiger partial charge in [0.05, 0.1) is 27.1 Å². The minimum absolute atomic E-state index is 0.0862. The molecule has 0 aliphatic carbocycles. The van der Waals surface area contributed by atoms with Crippen LogP contribution in [-0.2, 0) is 21.3 Å². The van der Waals surface area contributed by atoms with Crippen LogP contribution in [0.3, 0.4) is 0 Å². The molecule has 0 aromatic heterocycles. The van der Waals surface area contributed by atoms with Crippen molar-refractivity contribution in [3.05, 3.63) is 63.6 Å². The summed E-state index contributed by atoms with van der Waals surface area (Å²) in [5, 5.41) is 0.772. The quantitative estimate of drug-likeness (QED) is 0.686. The third-order valence-corrected chi connectivity index (χ3v) is 6.02. The van der Waals surface area contributed by atoms with Crippen molar-refractivity contribution >= 4 is 39.2 Å². The first-order valence-electron chi connectivity index (χ1n) is 7.43.